The van der Waals surface area contributed by atoms with E-state index in [1.807, 2.05) is 34.6 Å². The Morgan fingerprint density at radius 1 is 1.31 bits per heavy atom. The number of allylic oxidation sites excluding steroid dienone is 2. The fraction of sp³-hybridized carbons (Fsp3) is 0.565. The molecule has 1 aromatic carbocycles. The maximum absolute atomic E-state index is 12.4. The van der Waals surface area contributed by atoms with Gasteiger partial charge in [0, 0.05) is 23.6 Å². The van der Waals surface area contributed by atoms with Gasteiger partial charge in [-0.25, -0.2) is 4.79 Å². The Morgan fingerprint density at radius 2 is 2.03 bits per heavy atom. The predicted molar refractivity (Wildman–Crippen MR) is 114 cm³/mol. The van der Waals surface area contributed by atoms with Crippen molar-refractivity contribution in [2.24, 2.45) is 0 Å². The second kappa shape index (κ2) is 10.3. The predicted octanol–water partition coefficient (Wildman–Crippen LogP) is 4.72. The lowest BCUT2D eigenvalue weighted by Gasteiger charge is -2.22. The molecule has 0 spiro atoms. The molecule has 1 N–H and O–H groups in total. The first-order valence-corrected chi connectivity index (χ1v) is 10.3. The number of anilines is 1. The van der Waals surface area contributed by atoms with E-state index in [0.717, 1.165) is 40.1 Å². The average molecular weight is 404 g/mol. The van der Waals surface area contributed by atoms with Crippen LogP contribution in [0.15, 0.2) is 11.6 Å². The van der Waals surface area contributed by atoms with Crippen LogP contribution in [0.4, 0.5) is 5.69 Å². The number of hydrogen-bond donors (Lipinski definition) is 1. The van der Waals surface area contributed by atoms with Crippen LogP contribution < -0.4 is 10.1 Å². The number of carbonyl (C=O) groups excluding carboxylic acids is 2. The van der Waals surface area contributed by atoms with E-state index in [9.17, 15) is 9.59 Å². The molecule has 0 saturated carbocycles. The molecule has 0 radical (unpaired) electrons. The van der Waals surface area contributed by atoms with Gasteiger partial charge in [0.1, 0.15) is 12.4 Å². The summed E-state index contributed by atoms with van der Waals surface area (Å²) in [5.74, 6) is 0.307. The molecule has 0 fully saturated rings. The number of benzene rings is 1. The van der Waals surface area contributed by atoms with Crippen LogP contribution >= 0.6 is 0 Å². The summed E-state index contributed by atoms with van der Waals surface area (Å²) in [5, 5.41) is 3.42. The first-order valence-electron chi connectivity index (χ1n) is 10.3. The molecule has 6 heteroatoms. The number of hydrogen-bond acceptors (Lipinski definition) is 6. The van der Waals surface area contributed by atoms with E-state index in [2.05, 4.69) is 11.4 Å². The maximum atomic E-state index is 12.4. The van der Waals surface area contributed by atoms with Crippen molar-refractivity contribution in [3.05, 3.63) is 33.9 Å². The lowest BCUT2D eigenvalue weighted by Crippen LogP contribution is -2.16. The van der Waals surface area contributed by atoms with Crippen molar-refractivity contribution >= 4 is 17.6 Å². The largest absolute Gasteiger partial charge is 0.496 e. The van der Waals surface area contributed by atoms with Crippen LogP contribution in [0.1, 0.15) is 74.0 Å². The van der Waals surface area contributed by atoms with Crippen LogP contribution in [-0.4, -0.2) is 31.7 Å². The van der Waals surface area contributed by atoms with Gasteiger partial charge in [-0.05, 0) is 52.5 Å². The SMILES string of the molecule is CCCOC(=O)CC/C(C)=C/Cc1c(NC(C)C)c2c(c(C)c1OC)COC2=O. The highest BCUT2D eigenvalue weighted by molar-refractivity contribution is 6.01. The summed E-state index contributed by atoms with van der Waals surface area (Å²) in [4.78, 5) is 24.1. The van der Waals surface area contributed by atoms with Crippen LogP contribution in [0.3, 0.4) is 0 Å². The van der Waals surface area contributed by atoms with E-state index in [1.54, 1.807) is 7.11 Å². The Morgan fingerprint density at radius 3 is 2.66 bits per heavy atom. The number of nitrogens with one attached hydrogen (secondary N) is 1. The molecule has 0 atom stereocenters. The summed E-state index contributed by atoms with van der Waals surface area (Å²) in [6.45, 7) is 10.7. The topological polar surface area (TPSA) is 73.9 Å². The standard InChI is InChI=1S/C23H33NO5/c1-7-12-28-19(25)11-9-15(4)8-10-17-21(24-14(2)3)20-18(13-29-23(20)26)16(5)22(17)27-6/h8,14,24H,7,9-13H2,1-6H3/b15-8+. The van der Waals surface area contributed by atoms with Crippen molar-refractivity contribution in [2.75, 3.05) is 19.0 Å². The van der Waals surface area contributed by atoms with E-state index in [-0.39, 0.29) is 24.6 Å². The van der Waals surface area contributed by atoms with Gasteiger partial charge in [0.2, 0.25) is 0 Å². The monoisotopic (exact) mass is 403 g/mol. The van der Waals surface area contributed by atoms with Crippen molar-refractivity contribution in [1.82, 2.24) is 0 Å². The van der Waals surface area contributed by atoms with Gasteiger partial charge in [0.05, 0.1) is 25.0 Å². The molecule has 29 heavy (non-hydrogen) atoms. The van der Waals surface area contributed by atoms with E-state index in [4.69, 9.17) is 14.2 Å². The van der Waals surface area contributed by atoms with Crippen molar-refractivity contribution in [1.29, 1.82) is 0 Å². The normalized spacial score (nSPS) is 13.3. The van der Waals surface area contributed by atoms with Crippen molar-refractivity contribution in [3.8, 4) is 5.75 Å². The third-order valence-electron chi connectivity index (χ3n) is 4.96. The zero-order chi connectivity index (χ0) is 21.6. The summed E-state index contributed by atoms with van der Waals surface area (Å²) in [5.41, 5.74) is 5.25. The van der Waals surface area contributed by atoms with Crippen LogP contribution in [-0.2, 0) is 27.3 Å². The van der Waals surface area contributed by atoms with Gasteiger partial charge >= 0.3 is 11.9 Å². The fourth-order valence-corrected chi connectivity index (χ4v) is 3.47. The molecule has 160 valence electrons. The van der Waals surface area contributed by atoms with E-state index in [1.165, 1.54) is 0 Å². The Labute approximate surface area is 173 Å². The van der Waals surface area contributed by atoms with Crippen molar-refractivity contribution < 1.29 is 23.8 Å². The minimum Gasteiger partial charge on any atom is -0.496 e. The molecule has 6 nitrogen and oxygen atoms in total. The Kier molecular flexibility index (Phi) is 8.11. The van der Waals surface area contributed by atoms with Crippen LogP contribution in [0.5, 0.6) is 5.75 Å². The molecule has 1 aromatic rings. The highest BCUT2D eigenvalue weighted by Gasteiger charge is 2.32. The average Bonchev–Trinajstić information content (AvgIpc) is 3.07. The smallest absolute Gasteiger partial charge is 0.341 e. The molecule has 0 amide bonds. The molecule has 1 aliphatic rings. The van der Waals surface area contributed by atoms with E-state index >= 15 is 0 Å². The van der Waals surface area contributed by atoms with Gasteiger partial charge in [-0.3, -0.25) is 4.79 Å². The first-order chi connectivity index (χ1) is 13.8. The van der Waals surface area contributed by atoms with Crippen LogP contribution in [0.2, 0.25) is 0 Å². The molecule has 1 heterocycles. The first kappa shape index (κ1) is 22.8. The molecular formula is C23H33NO5. The summed E-state index contributed by atoms with van der Waals surface area (Å²) in [6.07, 6.45) is 4.51. The number of rotatable bonds is 10. The molecule has 2 rings (SSSR count). The lowest BCUT2D eigenvalue weighted by atomic mass is 9.93. The molecule has 0 bridgehead atoms. The molecule has 0 aliphatic carbocycles. The number of ether oxygens (including phenoxy) is 3. The zero-order valence-corrected chi connectivity index (χ0v) is 18.4. The van der Waals surface area contributed by atoms with Gasteiger partial charge in [-0.1, -0.05) is 18.6 Å². The number of cyclic esters (lactones) is 1. The third-order valence-corrected chi connectivity index (χ3v) is 4.96. The van der Waals surface area contributed by atoms with Crippen molar-refractivity contribution in [2.45, 2.75) is 73.0 Å². The van der Waals surface area contributed by atoms with Gasteiger partial charge in [-0.2, -0.15) is 0 Å². The second-order valence-corrected chi connectivity index (χ2v) is 7.72. The van der Waals surface area contributed by atoms with Gasteiger partial charge < -0.3 is 19.5 Å². The zero-order valence-electron chi connectivity index (χ0n) is 18.4. The summed E-state index contributed by atoms with van der Waals surface area (Å²) in [6, 6.07) is 0.150. The highest BCUT2D eigenvalue weighted by Crippen LogP contribution is 2.41. The second-order valence-electron chi connectivity index (χ2n) is 7.72. The van der Waals surface area contributed by atoms with Crippen LogP contribution in [0, 0.1) is 6.92 Å². The maximum Gasteiger partial charge on any atom is 0.341 e. The summed E-state index contributed by atoms with van der Waals surface area (Å²) >= 11 is 0. The molecule has 0 saturated heterocycles. The minimum atomic E-state index is -0.297. The summed E-state index contributed by atoms with van der Waals surface area (Å²) in [7, 11) is 1.65. The van der Waals surface area contributed by atoms with Crippen LogP contribution in [0.25, 0.3) is 0 Å². The van der Waals surface area contributed by atoms with Gasteiger partial charge in [0.25, 0.3) is 0 Å². The Balaban J connectivity index is 2.31. The fourth-order valence-electron chi connectivity index (χ4n) is 3.47. The quantitative estimate of drug-likeness (QED) is 0.450. The van der Waals surface area contributed by atoms with Gasteiger partial charge in [-0.15, -0.1) is 0 Å². The van der Waals surface area contributed by atoms with E-state index in [0.29, 0.717) is 31.4 Å². The third kappa shape index (κ3) is 5.52. The highest BCUT2D eigenvalue weighted by atomic mass is 16.5. The van der Waals surface area contributed by atoms with Gasteiger partial charge in [0.15, 0.2) is 0 Å². The molecular weight excluding hydrogens is 370 g/mol. The minimum absolute atomic E-state index is 0.150. The number of fused-ring (bicyclic) bond motifs is 1. The lowest BCUT2D eigenvalue weighted by molar-refractivity contribution is -0.143. The Hall–Kier alpha value is -2.50. The summed E-state index contributed by atoms with van der Waals surface area (Å²) < 4.78 is 16.2. The number of carbonyl (C=O) groups is 2. The Bertz CT molecular complexity index is 795. The molecule has 0 unspecified atom stereocenters. The van der Waals surface area contributed by atoms with E-state index < -0.39 is 0 Å². The molecule has 1 aliphatic heterocycles. The number of esters is 2. The molecule has 0 aromatic heterocycles. The number of methoxy groups -OCH3 is 1. The van der Waals surface area contributed by atoms with Crippen molar-refractivity contribution in [3.63, 3.8) is 0 Å².